The van der Waals surface area contributed by atoms with Gasteiger partial charge in [0.2, 0.25) is 10.0 Å². The molecule has 2 aromatic rings. The van der Waals surface area contributed by atoms with E-state index in [-0.39, 0.29) is 29.4 Å². The maximum atomic E-state index is 13.4. The van der Waals surface area contributed by atoms with Gasteiger partial charge in [0, 0.05) is 24.3 Å². The van der Waals surface area contributed by atoms with Crippen molar-refractivity contribution < 1.29 is 27.1 Å². The minimum Gasteiger partial charge on any atom is -0.453 e. The SMILES string of the molecule is COC(=O)N1CC(NS(=O)(=O)c2cccc(C(=O)Nc3ccc(F)c(C)c3)c2)C1. The molecule has 0 spiro atoms. The van der Waals surface area contributed by atoms with Gasteiger partial charge in [-0.2, -0.15) is 0 Å². The van der Waals surface area contributed by atoms with Crippen LogP contribution in [-0.4, -0.2) is 51.6 Å². The molecule has 0 saturated carbocycles. The molecule has 2 N–H and O–H groups in total. The van der Waals surface area contributed by atoms with E-state index in [0.717, 1.165) is 0 Å². The third-order valence-corrected chi connectivity index (χ3v) is 5.98. The molecule has 1 heterocycles. The van der Waals surface area contributed by atoms with Crippen LogP contribution in [0.3, 0.4) is 0 Å². The van der Waals surface area contributed by atoms with Gasteiger partial charge in [-0.25, -0.2) is 22.3 Å². The second-order valence-electron chi connectivity index (χ2n) is 6.64. The van der Waals surface area contributed by atoms with Crippen molar-refractivity contribution in [3.8, 4) is 0 Å². The summed E-state index contributed by atoms with van der Waals surface area (Å²) in [6.07, 6.45) is -0.518. The summed E-state index contributed by atoms with van der Waals surface area (Å²) in [5, 5.41) is 2.61. The zero-order chi connectivity index (χ0) is 21.2. The highest BCUT2D eigenvalue weighted by Gasteiger charge is 2.34. The Morgan fingerprint density at radius 2 is 1.90 bits per heavy atom. The van der Waals surface area contributed by atoms with Crippen LogP contribution in [0.1, 0.15) is 15.9 Å². The Balaban J connectivity index is 1.69. The summed E-state index contributed by atoms with van der Waals surface area (Å²) >= 11 is 0. The topological polar surface area (TPSA) is 105 Å². The molecule has 0 atom stereocenters. The number of rotatable bonds is 5. The summed E-state index contributed by atoms with van der Waals surface area (Å²) in [4.78, 5) is 25.1. The number of hydrogen-bond donors (Lipinski definition) is 2. The molecular formula is C19H20FN3O5S. The minimum absolute atomic E-state index is 0.0723. The Morgan fingerprint density at radius 3 is 2.55 bits per heavy atom. The number of ether oxygens (including phenoxy) is 1. The van der Waals surface area contributed by atoms with Gasteiger partial charge < -0.3 is 15.0 Å². The highest BCUT2D eigenvalue weighted by Crippen LogP contribution is 2.18. The number of methoxy groups -OCH3 is 1. The van der Waals surface area contributed by atoms with Crippen LogP contribution in [0.25, 0.3) is 0 Å². The first-order chi connectivity index (χ1) is 13.7. The molecule has 8 nitrogen and oxygen atoms in total. The van der Waals surface area contributed by atoms with E-state index in [1.54, 1.807) is 6.92 Å². The van der Waals surface area contributed by atoms with Crippen LogP contribution in [0, 0.1) is 12.7 Å². The van der Waals surface area contributed by atoms with Gasteiger partial charge in [-0.05, 0) is 48.9 Å². The van der Waals surface area contributed by atoms with Crippen molar-refractivity contribution in [1.82, 2.24) is 9.62 Å². The van der Waals surface area contributed by atoms with E-state index < -0.39 is 28.1 Å². The molecule has 0 aromatic heterocycles. The standard InChI is InChI=1S/C19H20FN3O5S/c1-12-8-14(6-7-17(12)20)21-18(24)13-4-3-5-16(9-13)29(26,27)22-15-10-23(11-15)19(25)28-2/h3-9,15,22H,10-11H2,1-2H3,(H,21,24). The van der Waals surface area contributed by atoms with Crippen LogP contribution in [0.4, 0.5) is 14.9 Å². The molecule has 1 aliphatic heterocycles. The zero-order valence-corrected chi connectivity index (χ0v) is 16.6. The van der Waals surface area contributed by atoms with Crippen molar-refractivity contribution in [3.05, 3.63) is 59.4 Å². The number of halogens is 1. The Morgan fingerprint density at radius 1 is 1.17 bits per heavy atom. The Hall–Kier alpha value is -2.98. The van der Waals surface area contributed by atoms with E-state index in [0.29, 0.717) is 11.3 Å². The molecule has 29 heavy (non-hydrogen) atoms. The summed E-state index contributed by atoms with van der Waals surface area (Å²) in [5.41, 5.74) is 0.919. The molecular weight excluding hydrogens is 401 g/mol. The monoisotopic (exact) mass is 421 g/mol. The van der Waals surface area contributed by atoms with Crippen LogP contribution >= 0.6 is 0 Å². The molecule has 2 aromatic carbocycles. The second-order valence-corrected chi connectivity index (χ2v) is 8.35. The van der Waals surface area contributed by atoms with Crippen molar-refractivity contribution in [2.75, 3.05) is 25.5 Å². The lowest BCUT2D eigenvalue weighted by molar-refractivity contribution is 0.0856. The van der Waals surface area contributed by atoms with E-state index >= 15 is 0 Å². The fourth-order valence-electron chi connectivity index (χ4n) is 2.85. The van der Waals surface area contributed by atoms with Crippen LogP contribution < -0.4 is 10.0 Å². The fourth-order valence-corrected chi connectivity index (χ4v) is 4.11. The first-order valence-corrected chi connectivity index (χ1v) is 10.2. The smallest absolute Gasteiger partial charge is 0.409 e. The van der Waals surface area contributed by atoms with Crippen LogP contribution in [0.2, 0.25) is 0 Å². The lowest BCUT2D eigenvalue weighted by Gasteiger charge is -2.37. The number of carbonyl (C=O) groups excluding carboxylic acids is 2. The average molecular weight is 421 g/mol. The third kappa shape index (κ3) is 4.72. The van der Waals surface area contributed by atoms with E-state index in [4.69, 9.17) is 0 Å². The van der Waals surface area contributed by atoms with Gasteiger partial charge >= 0.3 is 6.09 Å². The first-order valence-electron chi connectivity index (χ1n) is 8.72. The van der Waals surface area contributed by atoms with Crippen LogP contribution in [0.5, 0.6) is 0 Å². The predicted molar refractivity (Wildman–Crippen MR) is 104 cm³/mol. The summed E-state index contributed by atoms with van der Waals surface area (Å²) in [6, 6.07) is 9.28. The molecule has 0 radical (unpaired) electrons. The van der Waals surface area contributed by atoms with Gasteiger partial charge in [0.25, 0.3) is 5.91 Å². The highest BCUT2D eigenvalue weighted by atomic mass is 32.2. The summed E-state index contributed by atoms with van der Waals surface area (Å²) in [7, 11) is -2.62. The normalized spacial score (nSPS) is 14.2. The van der Waals surface area contributed by atoms with Gasteiger partial charge in [0.15, 0.2) is 0 Å². The number of benzene rings is 2. The highest BCUT2D eigenvalue weighted by molar-refractivity contribution is 7.89. The fraction of sp³-hybridized carbons (Fsp3) is 0.263. The number of carbonyl (C=O) groups is 2. The van der Waals surface area contributed by atoms with Crippen molar-refractivity contribution >= 4 is 27.7 Å². The Labute approximate surface area is 167 Å². The summed E-state index contributed by atoms with van der Waals surface area (Å²) in [5.74, 6) is -0.905. The molecule has 2 amide bonds. The molecule has 1 aliphatic rings. The lowest BCUT2D eigenvalue weighted by Crippen LogP contribution is -2.60. The van der Waals surface area contributed by atoms with E-state index in [1.165, 1.54) is 54.5 Å². The van der Waals surface area contributed by atoms with Crippen molar-refractivity contribution in [2.24, 2.45) is 0 Å². The Kier molecular flexibility index (Phi) is 5.85. The summed E-state index contributed by atoms with van der Waals surface area (Å²) in [6.45, 7) is 1.98. The second kappa shape index (κ2) is 8.18. The number of hydrogen-bond acceptors (Lipinski definition) is 5. The van der Waals surface area contributed by atoms with Gasteiger partial charge in [0.1, 0.15) is 5.82 Å². The first kappa shape index (κ1) is 20.7. The molecule has 3 rings (SSSR count). The molecule has 0 unspecified atom stereocenters. The maximum absolute atomic E-state index is 13.4. The number of nitrogens with zero attached hydrogens (tertiary/aromatic N) is 1. The van der Waals surface area contributed by atoms with Crippen molar-refractivity contribution in [2.45, 2.75) is 17.9 Å². The molecule has 1 fully saturated rings. The number of amides is 2. The molecule has 0 aliphatic carbocycles. The number of anilines is 1. The van der Waals surface area contributed by atoms with Crippen LogP contribution in [0.15, 0.2) is 47.4 Å². The van der Waals surface area contributed by atoms with Gasteiger partial charge in [-0.3, -0.25) is 4.79 Å². The van der Waals surface area contributed by atoms with Crippen molar-refractivity contribution in [1.29, 1.82) is 0 Å². The number of likely N-dealkylation sites (tertiary alicyclic amines) is 1. The molecule has 154 valence electrons. The van der Waals surface area contributed by atoms with E-state index in [2.05, 4.69) is 14.8 Å². The van der Waals surface area contributed by atoms with E-state index in [9.17, 15) is 22.4 Å². The molecule has 0 bridgehead atoms. The zero-order valence-electron chi connectivity index (χ0n) is 15.8. The quantitative estimate of drug-likeness (QED) is 0.770. The molecule has 1 saturated heterocycles. The maximum Gasteiger partial charge on any atom is 0.409 e. The van der Waals surface area contributed by atoms with Gasteiger partial charge in [-0.15, -0.1) is 0 Å². The summed E-state index contributed by atoms with van der Waals surface area (Å²) < 4.78 is 45.6. The number of nitrogens with one attached hydrogen (secondary N) is 2. The number of sulfonamides is 1. The van der Waals surface area contributed by atoms with Crippen molar-refractivity contribution in [3.63, 3.8) is 0 Å². The lowest BCUT2D eigenvalue weighted by atomic mass is 10.1. The predicted octanol–water partition coefficient (Wildman–Crippen LogP) is 2.12. The largest absolute Gasteiger partial charge is 0.453 e. The number of aryl methyl sites for hydroxylation is 1. The Bertz CT molecular complexity index is 1050. The van der Waals surface area contributed by atoms with Gasteiger partial charge in [-0.1, -0.05) is 6.07 Å². The average Bonchev–Trinajstić information content (AvgIpc) is 2.66. The van der Waals surface area contributed by atoms with Crippen LogP contribution in [-0.2, 0) is 14.8 Å². The molecule has 10 heteroatoms. The van der Waals surface area contributed by atoms with E-state index in [1.807, 2.05) is 0 Å². The van der Waals surface area contributed by atoms with Gasteiger partial charge in [0.05, 0.1) is 18.0 Å². The minimum atomic E-state index is -3.88. The third-order valence-electron chi connectivity index (χ3n) is 4.46.